The number of hydrogen-bond acceptors (Lipinski definition) is 33. The fourth-order valence-corrected chi connectivity index (χ4v) is 13.4. The van der Waals surface area contributed by atoms with Gasteiger partial charge in [-0.25, -0.2) is 33.1 Å². The molecule has 0 aliphatic carbocycles. The largest absolute Gasteiger partial charge is 0.756 e. The molecule has 4 aliphatic heterocycles. The van der Waals surface area contributed by atoms with Crippen LogP contribution >= 0.6 is 31.3 Å². The molecule has 4 aliphatic rings. The number of methoxy groups -OCH3 is 1. The number of anilines is 3. The maximum absolute atomic E-state index is 13.6. The van der Waals surface area contributed by atoms with Gasteiger partial charge >= 0.3 is 5.65 Å². The fourth-order valence-electron chi connectivity index (χ4n) is 8.98. The number of aliphatic hydroxyl groups excluding tert-OH is 3. The minimum absolute atomic E-state index is 0.00172. The molecule has 0 radical (unpaired) electrons. The molecule has 10 rings (SSSR count). The minimum Gasteiger partial charge on any atom is -0.756 e. The van der Waals surface area contributed by atoms with Gasteiger partial charge in [0.05, 0.1) is 46.1 Å². The third kappa shape index (κ3) is 10.0. The van der Waals surface area contributed by atoms with E-state index in [-0.39, 0.29) is 51.2 Å². The number of rotatable bonds is 19. The monoisotopic (exact) mass is 1150 g/mol. The van der Waals surface area contributed by atoms with Gasteiger partial charge in [0.1, 0.15) is 66.3 Å². The summed E-state index contributed by atoms with van der Waals surface area (Å²) in [5, 5.41) is 32.8. The second kappa shape index (κ2) is 19.6. The van der Waals surface area contributed by atoms with Crippen molar-refractivity contribution in [2.45, 2.75) is 73.1 Å². The van der Waals surface area contributed by atoms with Gasteiger partial charge in [-0.3, -0.25) is 51.5 Å². The molecular formula is C33H40N15O24P4-3. The molecule has 16 atom stereocenters. The molecule has 0 amide bonds. The summed E-state index contributed by atoms with van der Waals surface area (Å²) in [6.07, 6.45) is -13.2. The molecule has 414 valence electrons. The Morgan fingerprint density at radius 2 is 1.43 bits per heavy atom. The van der Waals surface area contributed by atoms with E-state index in [0.717, 1.165) is 30.7 Å². The summed E-state index contributed by atoms with van der Waals surface area (Å²) in [6, 6.07) is 0. The molecule has 39 nitrogen and oxygen atoms in total. The van der Waals surface area contributed by atoms with Gasteiger partial charge in [-0.2, -0.15) is 4.98 Å². The number of hydrogen-bond donors (Lipinski definition) is 8. The van der Waals surface area contributed by atoms with Gasteiger partial charge in [-0.1, -0.05) is 4.98 Å². The first-order chi connectivity index (χ1) is 35.7. The Balaban J connectivity index is 0.813. The van der Waals surface area contributed by atoms with Crippen LogP contribution in [0.4, 0.5) is 17.7 Å². The Kier molecular flexibility index (Phi) is 14.0. The van der Waals surface area contributed by atoms with Crippen LogP contribution in [0.3, 0.4) is 0 Å². The zero-order valence-electron chi connectivity index (χ0n) is 38.4. The van der Waals surface area contributed by atoms with Crippen molar-refractivity contribution in [3.8, 4) is 0 Å². The maximum atomic E-state index is 13.6. The van der Waals surface area contributed by atoms with E-state index in [2.05, 4.69) is 53.0 Å². The van der Waals surface area contributed by atoms with Crippen molar-refractivity contribution >= 4 is 82.5 Å². The second-order valence-electron chi connectivity index (χ2n) is 17.1. The molecule has 0 spiro atoms. The summed E-state index contributed by atoms with van der Waals surface area (Å²) < 4.78 is 114. The van der Waals surface area contributed by atoms with E-state index < -0.39 is 142 Å². The van der Waals surface area contributed by atoms with Crippen molar-refractivity contribution in [1.29, 1.82) is 0 Å². The Morgan fingerprint density at radius 3 is 2.16 bits per heavy atom. The highest BCUT2D eigenvalue weighted by Gasteiger charge is 2.65. The van der Waals surface area contributed by atoms with E-state index in [1.807, 2.05) is 0 Å². The molecule has 43 heteroatoms. The zero-order chi connectivity index (χ0) is 54.6. The first-order valence-corrected chi connectivity index (χ1v) is 27.4. The van der Waals surface area contributed by atoms with Crippen molar-refractivity contribution in [2.75, 3.05) is 50.7 Å². The first-order valence-electron chi connectivity index (χ1n) is 21.6. The normalized spacial score (nSPS) is 31.8. The highest BCUT2D eigenvalue weighted by molar-refractivity contribution is 7.65. The highest BCUT2D eigenvalue weighted by atomic mass is 31.3. The van der Waals surface area contributed by atoms with Crippen LogP contribution in [-0.4, -0.2) is 157 Å². The Bertz CT molecular complexity index is 3560. The lowest BCUT2D eigenvalue weighted by atomic mass is 10.0. The molecular weight excluding hydrogens is 1110 g/mol. The number of aromatic amines is 2. The molecule has 7 unspecified atom stereocenters. The van der Waals surface area contributed by atoms with E-state index in [1.54, 1.807) is 0 Å². The van der Waals surface area contributed by atoms with Crippen molar-refractivity contribution < 1.29 is 108 Å². The van der Waals surface area contributed by atoms with Crippen LogP contribution in [0, 0.1) is 0 Å². The molecule has 6 aromatic rings. The van der Waals surface area contributed by atoms with Crippen LogP contribution < -0.4 is 52.5 Å². The molecule has 6 aromatic heterocycles. The Hall–Kier alpha value is -5.15. The molecule has 10 heterocycles. The number of phosphoric acid groups is 4. The number of fused-ring (bicyclic) bond motifs is 5. The molecule has 0 saturated carbocycles. The number of nitrogens with one attached hydrogen (secondary N) is 2. The SMILES string of the molecule is CO[C@@H]1C(O)[C@H]([n+]2cn(C)c3c(=O)[nH]c(N)nc32)O[C@@H]1COP(=O)([O-])OP(=O)([O-])OP(=O)([O-])OC[C@@]12COC([C@H](n3cnc4c(N)ncnc43)O1)[C@H]2OP(=O)([O-])OC[C@H]1O[C@@H](n2cnc3c(=O)[nH]c(N)nc32)C(O)[C@H]1O. The lowest BCUT2D eigenvalue weighted by Gasteiger charge is -2.37. The number of aromatic nitrogens is 12. The van der Waals surface area contributed by atoms with Crippen LogP contribution in [0.1, 0.15) is 18.7 Å². The number of aryl methyl sites for hydroxylation is 1. The van der Waals surface area contributed by atoms with Crippen molar-refractivity contribution in [3.05, 3.63) is 46.0 Å². The van der Waals surface area contributed by atoms with Crippen LogP contribution in [0.25, 0.3) is 33.5 Å². The smallest absolute Gasteiger partial charge is 0.313 e. The Labute approximate surface area is 420 Å². The van der Waals surface area contributed by atoms with Gasteiger partial charge in [0, 0.05) is 7.11 Å². The number of imidazole rings is 3. The van der Waals surface area contributed by atoms with Gasteiger partial charge < -0.3 is 93.9 Å². The van der Waals surface area contributed by atoms with Gasteiger partial charge in [-0.15, -0.1) is 0 Å². The van der Waals surface area contributed by atoms with E-state index >= 15 is 0 Å². The van der Waals surface area contributed by atoms with Gasteiger partial charge in [0.2, 0.25) is 17.7 Å². The minimum atomic E-state index is -6.57. The molecule has 11 N–H and O–H groups in total. The second-order valence-corrected chi connectivity index (χ2v) is 23.0. The maximum Gasteiger partial charge on any atom is 0.313 e. The lowest BCUT2D eigenvalue weighted by molar-refractivity contribution is -0.745. The predicted molar refractivity (Wildman–Crippen MR) is 233 cm³/mol. The molecule has 0 aromatic carbocycles. The first kappa shape index (κ1) is 54.2. The van der Waals surface area contributed by atoms with Crippen molar-refractivity contribution in [3.63, 3.8) is 0 Å². The quantitative estimate of drug-likeness (QED) is 0.0276. The van der Waals surface area contributed by atoms with Crippen molar-refractivity contribution in [1.82, 2.24) is 53.6 Å². The number of phosphoric ester groups is 3. The summed E-state index contributed by atoms with van der Waals surface area (Å²) in [6.45, 7) is -4.32. The molecule has 4 fully saturated rings. The van der Waals surface area contributed by atoms with E-state index in [0.29, 0.717) is 0 Å². The third-order valence-electron chi connectivity index (χ3n) is 12.2. The van der Waals surface area contributed by atoms with E-state index in [9.17, 15) is 62.7 Å². The number of aliphatic hydroxyl groups is 3. The summed E-state index contributed by atoms with van der Waals surface area (Å²) in [4.78, 5) is 106. The summed E-state index contributed by atoms with van der Waals surface area (Å²) in [5.41, 5.74) is 13.1. The summed E-state index contributed by atoms with van der Waals surface area (Å²) >= 11 is 0. The van der Waals surface area contributed by atoms with Crippen molar-refractivity contribution in [2.24, 2.45) is 7.05 Å². The van der Waals surface area contributed by atoms with E-state index in [1.165, 1.54) is 27.1 Å². The summed E-state index contributed by atoms with van der Waals surface area (Å²) in [5.74, 6) is -0.724. The Morgan fingerprint density at radius 1 is 0.789 bits per heavy atom. The molecule has 4 saturated heterocycles. The number of nitrogen functional groups attached to an aromatic ring is 3. The number of ether oxygens (including phenoxy) is 5. The topological polar surface area (TPSA) is 563 Å². The van der Waals surface area contributed by atoms with E-state index in [4.69, 9.17) is 54.5 Å². The standard InChI is InChI=1S/C33H43N15O24P4/c1-45-10-48(25-15(45)27(53)44-32(36)42-25)29-18(51)19(62-2)12(68-29)4-65-74(56,57)71-76(60,61)72-75(58,59)66-6-33-5-63-20(30(69-33)46-8-39-13-22(34)37-7-38-23(13)46)21(33)70-73(54,55)64-3-11-16(49)17(50)28(67-11)47-9-40-14-24(47)41-31(35)43-26(14)52/h7-12,16-21,28-30,49-51H,3-6H2,1-2H3,(H11-,34,35,36,37,38,41,42,43,44,52,53,54,55,56,57,58,59,60,61)/p-3/t11-,12-,16+,17?,18?,19+,20?,21-,28-,29-,30-,33-/m1/s1. The van der Waals surface area contributed by atoms with Crippen LogP contribution in [0.5, 0.6) is 0 Å². The molecule has 76 heavy (non-hydrogen) atoms. The lowest BCUT2D eigenvalue weighted by Crippen LogP contribution is -2.46. The number of H-pyrrole nitrogens is 2. The van der Waals surface area contributed by atoms with Gasteiger partial charge in [0.25, 0.3) is 48.4 Å². The summed E-state index contributed by atoms with van der Waals surface area (Å²) in [7, 11) is -22.2. The van der Waals surface area contributed by atoms with Gasteiger partial charge in [-0.05, 0) is 0 Å². The molecule has 2 bridgehead atoms. The fraction of sp³-hybridized carbons (Fsp3) is 0.545. The zero-order valence-corrected chi connectivity index (χ0v) is 42.0. The predicted octanol–water partition coefficient (Wildman–Crippen LogP) is -6.83. The van der Waals surface area contributed by atoms with Crippen LogP contribution in [0.15, 0.2) is 34.9 Å². The number of nitrogens with two attached hydrogens (primary N) is 3. The highest BCUT2D eigenvalue weighted by Crippen LogP contribution is 2.64. The van der Waals surface area contributed by atoms with Crippen LogP contribution in [0.2, 0.25) is 0 Å². The average Bonchev–Trinajstić information content (AvgIpc) is 4.21. The number of nitrogens with zero attached hydrogens (tertiary/aromatic N) is 10. The van der Waals surface area contributed by atoms with Crippen LogP contribution in [-0.2, 0) is 75.7 Å². The third-order valence-corrected chi connectivity index (χ3v) is 17.3. The van der Waals surface area contributed by atoms with Gasteiger partial charge in [0.15, 0.2) is 41.4 Å². The average molecular weight is 1150 g/mol.